The van der Waals surface area contributed by atoms with E-state index in [2.05, 4.69) is 15.3 Å². The number of carbonyl (C=O) groups is 2. The molecule has 1 saturated heterocycles. The Balaban J connectivity index is 1.49. The first-order valence-corrected chi connectivity index (χ1v) is 8.25. The number of morpholine rings is 1. The van der Waals surface area contributed by atoms with Crippen LogP contribution in [0.5, 0.6) is 0 Å². The van der Waals surface area contributed by atoms with Crippen molar-refractivity contribution >= 4 is 11.8 Å². The van der Waals surface area contributed by atoms with E-state index in [1.165, 1.54) is 12.4 Å². The van der Waals surface area contributed by atoms with E-state index >= 15 is 0 Å². The van der Waals surface area contributed by atoms with Crippen LogP contribution in [-0.4, -0.2) is 59.5 Å². The van der Waals surface area contributed by atoms with Crippen molar-refractivity contribution in [3.05, 3.63) is 48.3 Å². The summed E-state index contributed by atoms with van der Waals surface area (Å²) in [5.74, 6) is 0.313. The Morgan fingerprint density at radius 3 is 2.44 bits per heavy atom. The maximum Gasteiger partial charge on any atom is 0.254 e. The zero-order chi connectivity index (χ0) is 17.5. The molecule has 130 valence electrons. The first kappa shape index (κ1) is 17.0. The first-order valence-electron chi connectivity index (χ1n) is 8.25. The Bertz CT molecular complexity index is 713. The number of amides is 2. The lowest BCUT2D eigenvalue weighted by Gasteiger charge is -2.26. The third-order valence-corrected chi connectivity index (χ3v) is 3.93. The Hall–Kier alpha value is -2.80. The zero-order valence-corrected chi connectivity index (χ0v) is 13.9. The molecule has 1 aromatic carbocycles. The van der Waals surface area contributed by atoms with Crippen LogP contribution in [0.4, 0.5) is 0 Å². The van der Waals surface area contributed by atoms with Gasteiger partial charge in [-0.3, -0.25) is 9.59 Å². The molecule has 1 aliphatic heterocycles. The Morgan fingerprint density at radius 2 is 1.76 bits per heavy atom. The number of carbonyl (C=O) groups excluding carboxylic acids is 2. The highest BCUT2D eigenvalue weighted by Crippen LogP contribution is 2.13. The minimum absolute atomic E-state index is 0.0271. The zero-order valence-electron chi connectivity index (χ0n) is 13.9. The van der Waals surface area contributed by atoms with Crippen LogP contribution in [0, 0.1) is 0 Å². The van der Waals surface area contributed by atoms with Gasteiger partial charge in [0.2, 0.25) is 5.91 Å². The van der Waals surface area contributed by atoms with Crippen LogP contribution in [0.2, 0.25) is 0 Å². The fraction of sp³-hybridized carbons (Fsp3) is 0.333. The van der Waals surface area contributed by atoms with Gasteiger partial charge in [-0.05, 0) is 0 Å². The number of nitrogens with zero attached hydrogens (tertiary/aromatic N) is 3. The van der Waals surface area contributed by atoms with Crippen molar-refractivity contribution in [2.24, 2.45) is 0 Å². The lowest BCUT2D eigenvalue weighted by molar-refractivity contribution is -0.135. The van der Waals surface area contributed by atoms with Crippen molar-refractivity contribution in [3.8, 4) is 11.4 Å². The number of hydrogen-bond donors (Lipinski definition) is 1. The summed E-state index contributed by atoms with van der Waals surface area (Å²) in [6.45, 7) is 2.66. The highest BCUT2D eigenvalue weighted by Gasteiger charge is 2.16. The van der Waals surface area contributed by atoms with Gasteiger partial charge in [-0.15, -0.1) is 0 Å². The normalized spacial score (nSPS) is 14.2. The third kappa shape index (κ3) is 4.60. The fourth-order valence-corrected chi connectivity index (χ4v) is 2.54. The molecule has 0 aliphatic carbocycles. The average Bonchev–Trinajstić information content (AvgIpc) is 2.69. The van der Waals surface area contributed by atoms with Gasteiger partial charge in [0.15, 0.2) is 5.82 Å². The summed E-state index contributed by atoms with van der Waals surface area (Å²) in [6, 6.07) is 9.55. The van der Waals surface area contributed by atoms with Gasteiger partial charge >= 0.3 is 0 Å². The van der Waals surface area contributed by atoms with Crippen LogP contribution in [0.3, 0.4) is 0 Å². The summed E-state index contributed by atoms with van der Waals surface area (Å²) in [6.07, 6.45) is 3.26. The molecule has 1 N–H and O–H groups in total. The van der Waals surface area contributed by atoms with E-state index in [4.69, 9.17) is 4.74 Å². The molecule has 2 heterocycles. The number of nitrogens with one attached hydrogen (secondary N) is 1. The SMILES string of the molecule is O=C(NCCC(=O)N1CCOCC1)c1cnc(-c2ccccc2)nc1. The van der Waals surface area contributed by atoms with Crippen LogP contribution in [0.15, 0.2) is 42.7 Å². The van der Waals surface area contributed by atoms with Crippen molar-refractivity contribution in [2.45, 2.75) is 6.42 Å². The van der Waals surface area contributed by atoms with E-state index in [-0.39, 0.29) is 24.8 Å². The van der Waals surface area contributed by atoms with Crippen molar-refractivity contribution in [3.63, 3.8) is 0 Å². The maximum atomic E-state index is 12.1. The molecule has 25 heavy (non-hydrogen) atoms. The Labute approximate surface area is 146 Å². The van der Waals surface area contributed by atoms with Crippen LogP contribution in [0.1, 0.15) is 16.8 Å². The van der Waals surface area contributed by atoms with Gasteiger partial charge < -0.3 is 15.0 Å². The maximum absolute atomic E-state index is 12.1. The van der Waals surface area contributed by atoms with E-state index in [0.717, 1.165) is 5.56 Å². The molecule has 7 nitrogen and oxygen atoms in total. The van der Waals surface area contributed by atoms with Crippen LogP contribution >= 0.6 is 0 Å². The third-order valence-electron chi connectivity index (χ3n) is 3.93. The van der Waals surface area contributed by atoms with E-state index in [1.807, 2.05) is 30.3 Å². The summed E-state index contributed by atoms with van der Waals surface area (Å²) in [5.41, 5.74) is 1.27. The number of ether oxygens (including phenoxy) is 1. The smallest absolute Gasteiger partial charge is 0.254 e. The van der Waals surface area contributed by atoms with Gasteiger partial charge in [-0.1, -0.05) is 30.3 Å². The van der Waals surface area contributed by atoms with Gasteiger partial charge in [-0.2, -0.15) is 0 Å². The van der Waals surface area contributed by atoms with Crippen molar-refractivity contribution in [1.29, 1.82) is 0 Å². The summed E-state index contributed by atoms with van der Waals surface area (Å²) in [4.78, 5) is 34.3. The van der Waals surface area contributed by atoms with Gasteiger partial charge in [0, 0.05) is 44.0 Å². The first-order chi connectivity index (χ1) is 12.2. The van der Waals surface area contributed by atoms with Crippen LogP contribution < -0.4 is 5.32 Å². The second-order valence-electron chi connectivity index (χ2n) is 5.66. The quantitative estimate of drug-likeness (QED) is 0.882. The van der Waals surface area contributed by atoms with Crippen molar-refractivity contribution < 1.29 is 14.3 Å². The minimum atomic E-state index is -0.283. The summed E-state index contributed by atoms with van der Waals surface area (Å²) >= 11 is 0. The lowest BCUT2D eigenvalue weighted by atomic mass is 10.2. The minimum Gasteiger partial charge on any atom is -0.378 e. The van der Waals surface area contributed by atoms with Crippen LogP contribution in [-0.2, 0) is 9.53 Å². The van der Waals surface area contributed by atoms with E-state index in [1.54, 1.807) is 4.90 Å². The molecule has 1 aromatic heterocycles. The molecule has 3 rings (SSSR count). The van der Waals surface area contributed by atoms with Gasteiger partial charge in [0.05, 0.1) is 18.8 Å². The van der Waals surface area contributed by atoms with E-state index in [0.29, 0.717) is 37.7 Å². The standard InChI is InChI=1S/C18H20N4O3/c23-16(22-8-10-25-11-9-22)6-7-19-18(24)15-12-20-17(21-13-15)14-4-2-1-3-5-14/h1-5,12-13H,6-11H2,(H,19,24). The predicted octanol–water partition coefficient (Wildman–Crippen LogP) is 1.12. The van der Waals surface area contributed by atoms with E-state index < -0.39 is 0 Å². The Morgan fingerprint density at radius 1 is 1.08 bits per heavy atom. The number of benzene rings is 1. The monoisotopic (exact) mass is 340 g/mol. The lowest BCUT2D eigenvalue weighted by Crippen LogP contribution is -2.42. The largest absolute Gasteiger partial charge is 0.378 e. The molecule has 7 heteroatoms. The molecule has 2 aromatic rings. The summed E-state index contributed by atoms with van der Waals surface area (Å²) in [5, 5.41) is 2.73. The number of rotatable bonds is 5. The predicted molar refractivity (Wildman–Crippen MR) is 91.8 cm³/mol. The fourth-order valence-electron chi connectivity index (χ4n) is 2.54. The molecule has 0 atom stereocenters. The molecule has 0 bridgehead atoms. The van der Waals surface area contributed by atoms with E-state index in [9.17, 15) is 9.59 Å². The molecular formula is C18H20N4O3. The molecule has 0 saturated carbocycles. The molecule has 2 amide bonds. The molecule has 1 fully saturated rings. The number of aromatic nitrogens is 2. The summed E-state index contributed by atoms with van der Waals surface area (Å²) in [7, 11) is 0. The topological polar surface area (TPSA) is 84.4 Å². The molecule has 0 unspecified atom stereocenters. The second kappa shape index (κ2) is 8.34. The molecular weight excluding hydrogens is 320 g/mol. The summed E-state index contributed by atoms with van der Waals surface area (Å²) < 4.78 is 5.21. The number of hydrogen-bond acceptors (Lipinski definition) is 5. The molecule has 0 radical (unpaired) electrons. The van der Waals surface area contributed by atoms with Crippen molar-refractivity contribution in [2.75, 3.05) is 32.8 Å². The highest BCUT2D eigenvalue weighted by atomic mass is 16.5. The van der Waals surface area contributed by atoms with Crippen LogP contribution in [0.25, 0.3) is 11.4 Å². The highest BCUT2D eigenvalue weighted by molar-refractivity contribution is 5.94. The van der Waals surface area contributed by atoms with Gasteiger partial charge in [0.1, 0.15) is 0 Å². The average molecular weight is 340 g/mol. The van der Waals surface area contributed by atoms with Gasteiger partial charge in [0.25, 0.3) is 5.91 Å². The molecule has 0 spiro atoms. The Kier molecular flexibility index (Phi) is 5.69. The second-order valence-corrected chi connectivity index (χ2v) is 5.66. The van der Waals surface area contributed by atoms with Gasteiger partial charge in [-0.25, -0.2) is 9.97 Å². The van der Waals surface area contributed by atoms with Crippen molar-refractivity contribution in [1.82, 2.24) is 20.2 Å². The molecule has 1 aliphatic rings.